The van der Waals surface area contributed by atoms with Gasteiger partial charge in [0.05, 0.1) is 12.7 Å². The maximum absolute atomic E-state index is 15.7. The first kappa shape index (κ1) is 30.7. The molecule has 9 nitrogen and oxygen atoms in total. The van der Waals surface area contributed by atoms with E-state index in [-0.39, 0.29) is 47.8 Å². The number of likely N-dealkylation sites (N-methyl/N-ethyl adjacent to an activating group) is 1. The first-order valence-electron chi connectivity index (χ1n) is 14.8. The Morgan fingerprint density at radius 2 is 1.98 bits per heavy atom. The number of benzene rings is 1. The van der Waals surface area contributed by atoms with Crippen LogP contribution in [0.2, 0.25) is 0 Å². The number of carboxylic acids is 1. The quantitative estimate of drug-likeness (QED) is 0.295. The molecule has 228 valence electrons. The van der Waals surface area contributed by atoms with Crippen molar-refractivity contribution >= 4 is 30.2 Å². The van der Waals surface area contributed by atoms with E-state index >= 15 is 4.39 Å². The first-order chi connectivity index (χ1) is 19.7. The summed E-state index contributed by atoms with van der Waals surface area (Å²) in [4.78, 5) is 39.2. The van der Waals surface area contributed by atoms with Crippen LogP contribution in [-0.4, -0.2) is 59.3 Å². The Labute approximate surface area is 246 Å². The number of ether oxygens (including phenoxy) is 1. The summed E-state index contributed by atoms with van der Waals surface area (Å²) < 4.78 is 26.9. The van der Waals surface area contributed by atoms with Gasteiger partial charge >= 0.3 is 13.1 Å². The lowest BCUT2D eigenvalue weighted by atomic mass is 9.41. The monoisotopic (exact) mass is 585 g/mol. The van der Waals surface area contributed by atoms with Crippen molar-refractivity contribution in [1.29, 1.82) is 0 Å². The molecule has 9 atom stereocenters. The number of hydrogen-bond donors (Lipinski definition) is 4. The molecule has 11 heteroatoms. The van der Waals surface area contributed by atoms with Crippen LogP contribution in [0.1, 0.15) is 65.4 Å². The number of carboxylic acid groups (broad SMARTS) is 1. The SMILES string of the molecule is CNC(=O)/C=C/[C@]1(C)C[C@@H](C(Oc2ccc3c(c2F)B(O)OC3)C(=O)O)[C@@]2(C)[C@H](C)CC[C@]3(CCC(=O)[C@H]32)[C@@H](C)[C@@H]1O. The van der Waals surface area contributed by atoms with Crippen molar-refractivity contribution in [2.24, 2.45) is 39.9 Å². The van der Waals surface area contributed by atoms with E-state index < -0.39 is 59.2 Å². The number of amides is 1. The van der Waals surface area contributed by atoms with Gasteiger partial charge < -0.3 is 29.9 Å². The topological polar surface area (TPSA) is 142 Å². The van der Waals surface area contributed by atoms with Gasteiger partial charge in [0, 0.05) is 36.2 Å². The van der Waals surface area contributed by atoms with Crippen molar-refractivity contribution in [1.82, 2.24) is 5.32 Å². The molecule has 42 heavy (non-hydrogen) atoms. The minimum absolute atomic E-state index is 0.0201. The Hall–Kier alpha value is -2.76. The molecule has 3 fully saturated rings. The molecule has 3 saturated carbocycles. The molecule has 0 radical (unpaired) electrons. The third kappa shape index (κ3) is 4.50. The number of hydrogen-bond acceptors (Lipinski definition) is 7. The van der Waals surface area contributed by atoms with Gasteiger partial charge in [-0.15, -0.1) is 0 Å². The molecule has 2 bridgehead atoms. The lowest BCUT2D eigenvalue weighted by Crippen LogP contribution is -2.63. The lowest BCUT2D eigenvalue weighted by Gasteiger charge is -2.63. The number of aliphatic carboxylic acids is 1. The predicted molar refractivity (Wildman–Crippen MR) is 152 cm³/mol. The van der Waals surface area contributed by atoms with Crippen molar-refractivity contribution in [2.75, 3.05) is 7.05 Å². The van der Waals surface area contributed by atoms with Gasteiger partial charge in [0.25, 0.3) is 0 Å². The molecule has 1 aromatic rings. The number of aliphatic hydroxyl groups excluding tert-OH is 1. The minimum atomic E-state index is -1.60. The standard InChI is InChI=1S/C31H41BFNO8/c1-16-8-12-31-13-9-20(35)26(31)30(16,4)19(14-29(3,27(37)17(31)2)11-10-22(36)34-5)25(28(38)39)42-21-7-6-18-15-41-32(40)23(18)24(21)33/h6-7,10-11,16-17,19,25-27,37,40H,8-9,12-15H2,1-5H3,(H,34,36)(H,38,39)/b11-10+/t16-,17+,19+,25?,26+,27+,29-,30-,31+/m1/s1. The van der Waals surface area contributed by atoms with E-state index in [1.807, 2.05) is 20.8 Å². The number of halogens is 1. The van der Waals surface area contributed by atoms with E-state index in [9.17, 15) is 29.6 Å². The van der Waals surface area contributed by atoms with Crippen molar-refractivity contribution in [3.05, 3.63) is 35.7 Å². The second-order valence-electron chi connectivity index (χ2n) is 13.4. The average Bonchev–Trinajstić information content (AvgIpc) is 3.51. The van der Waals surface area contributed by atoms with E-state index in [1.54, 1.807) is 19.1 Å². The van der Waals surface area contributed by atoms with Gasteiger partial charge in [-0.2, -0.15) is 0 Å². The number of Topliss-reactive ketones (excluding diaryl/α,β-unsaturated/α-hetero) is 1. The maximum Gasteiger partial charge on any atom is 0.494 e. The highest BCUT2D eigenvalue weighted by molar-refractivity contribution is 6.61. The zero-order valence-electron chi connectivity index (χ0n) is 24.9. The second kappa shape index (κ2) is 10.8. The summed E-state index contributed by atoms with van der Waals surface area (Å²) in [5.41, 5.74) is -2.14. The fourth-order valence-corrected chi connectivity index (χ4v) is 9.02. The number of carbonyl (C=O) groups excluding carboxylic acids is 2. The van der Waals surface area contributed by atoms with E-state index in [0.29, 0.717) is 18.4 Å². The molecule has 4 aliphatic rings. The zero-order chi connectivity index (χ0) is 30.8. The summed E-state index contributed by atoms with van der Waals surface area (Å²) >= 11 is 0. The van der Waals surface area contributed by atoms with Gasteiger partial charge in [0.15, 0.2) is 17.7 Å². The van der Waals surface area contributed by atoms with Crippen molar-refractivity contribution in [3.63, 3.8) is 0 Å². The molecule has 0 aromatic heterocycles. The number of fused-ring (bicyclic) bond motifs is 1. The van der Waals surface area contributed by atoms with Gasteiger partial charge in [-0.3, -0.25) is 9.59 Å². The van der Waals surface area contributed by atoms with Gasteiger partial charge in [-0.25, -0.2) is 9.18 Å². The summed E-state index contributed by atoms with van der Waals surface area (Å²) in [6.07, 6.45) is 2.86. The molecule has 1 aromatic carbocycles. The van der Waals surface area contributed by atoms with Gasteiger partial charge in [-0.05, 0) is 66.1 Å². The Kier molecular flexibility index (Phi) is 7.86. The highest BCUT2D eigenvalue weighted by atomic mass is 19.1. The Balaban J connectivity index is 1.69. The van der Waals surface area contributed by atoms with Crippen LogP contribution < -0.4 is 15.5 Å². The number of rotatable bonds is 6. The van der Waals surface area contributed by atoms with Crippen molar-refractivity contribution in [2.45, 2.75) is 78.6 Å². The molecule has 3 aliphatic carbocycles. The number of ketones is 1. The Bertz CT molecular complexity index is 1320. The molecule has 5 rings (SSSR count). The van der Waals surface area contributed by atoms with E-state index in [0.717, 1.165) is 12.8 Å². The van der Waals surface area contributed by atoms with E-state index in [4.69, 9.17) is 9.39 Å². The third-order valence-corrected chi connectivity index (χ3v) is 11.6. The average molecular weight is 585 g/mol. The van der Waals surface area contributed by atoms with Crippen LogP contribution in [-0.2, 0) is 25.6 Å². The second-order valence-corrected chi connectivity index (χ2v) is 13.4. The Morgan fingerprint density at radius 1 is 1.26 bits per heavy atom. The maximum atomic E-state index is 15.7. The molecule has 0 spiro atoms. The summed E-state index contributed by atoms with van der Waals surface area (Å²) in [6, 6.07) is 2.88. The van der Waals surface area contributed by atoms with Crippen LogP contribution in [0.5, 0.6) is 5.75 Å². The summed E-state index contributed by atoms with van der Waals surface area (Å²) in [7, 11) is 0.00709. The molecule has 1 heterocycles. The highest BCUT2D eigenvalue weighted by Gasteiger charge is 2.69. The third-order valence-electron chi connectivity index (χ3n) is 11.6. The number of nitrogens with one attached hydrogen (secondary N) is 1. The van der Waals surface area contributed by atoms with E-state index in [2.05, 4.69) is 5.32 Å². The van der Waals surface area contributed by atoms with Crippen LogP contribution in [0, 0.1) is 45.7 Å². The van der Waals surface area contributed by atoms with Gasteiger partial charge in [0.2, 0.25) is 5.91 Å². The van der Waals surface area contributed by atoms with Crippen LogP contribution in [0.3, 0.4) is 0 Å². The zero-order valence-corrected chi connectivity index (χ0v) is 24.9. The lowest BCUT2D eigenvalue weighted by molar-refractivity contribution is -0.193. The van der Waals surface area contributed by atoms with Crippen LogP contribution >= 0.6 is 0 Å². The molecule has 1 aliphatic heterocycles. The number of carbonyl (C=O) groups is 3. The number of aliphatic hydroxyl groups is 1. The van der Waals surface area contributed by atoms with Gasteiger partial charge in [0.1, 0.15) is 5.78 Å². The molecule has 0 saturated heterocycles. The summed E-state index contributed by atoms with van der Waals surface area (Å²) in [5, 5.41) is 35.4. The molecule has 4 N–H and O–H groups in total. The van der Waals surface area contributed by atoms with Crippen LogP contribution in [0.25, 0.3) is 0 Å². The van der Waals surface area contributed by atoms with Crippen LogP contribution in [0.15, 0.2) is 24.3 Å². The van der Waals surface area contributed by atoms with E-state index in [1.165, 1.54) is 19.2 Å². The summed E-state index contributed by atoms with van der Waals surface area (Å²) in [6.45, 7) is 7.79. The molecule has 1 unspecified atom stereocenters. The smallest absolute Gasteiger partial charge is 0.478 e. The minimum Gasteiger partial charge on any atom is -0.478 e. The van der Waals surface area contributed by atoms with Crippen molar-refractivity contribution in [3.8, 4) is 5.75 Å². The normalized spacial score (nSPS) is 38.4. The van der Waals surface area contributed by atoms with Crippen molar-refractivity contribution < 1.29 is 43.4 Å². The highest BCUT2D eigenvalue weighted by Crippen LogP contribution is 2.69. The fourth-order valence-electron chi connectivity index (χ4n) is 9.02. The molecular formula is C31H41BFNO8. The fraction of sp³-hybridized carbons (Fsp3) is 0.645. The predicted octanol–water partition coefficient (Wildman–Crippen LogP) is 2.60. The Morgan fingerprint density at radius 3 is 2.64 bits per heavy atom. The van der Waals surface area contributed by atoms with Gasteiger partial charge in [-0.1, -0.05) is 39.8 Å². The first-order valence-corrected chi connectivity index (χ1v) is 14.8. The largest absolute Gasteiger partial charge is 0.494 e. The molecule has 1 amide bonds. The van der Waals surface area contributed by atoms with Crippen LogP contribution in [0.4, 0.5) is 4.39 Å². The molecular weight excluding hydrogens is 544 g/mol. The summed E-state index contributed by atoms with van der Waals surface area (Å²) in [5.74, 6) is -4.61.